The maximum atomic E-state index is 10.6. The minimum Gasteiger partial charge on any atom is -0.475 e. The van der Waals surface area contributed by atoms with Gasteiger partial charge in [0.15, 0.2) is 0 Å². The third kappa shape index (κ3) is 10.1. The fourth-order valence-electron chi connectivity index (χ4n) is 3.78. The molecule has 4 heterocycles. The first kappa shape index (κ1) is 30.8. The van der Waals surface area contributed by atoms with Gasteiger partial charge >= 0.3 is 24.3 Å². The van der Waals surface area contributed by atoms with Gasteiger partial charge in [0.1, 0.15) is 5.76 Å². The van der Waals surface area contributed by atoms with Crippen LogP contribution in [0.5, 0.6) is 0 Å². The third-order valence-corrected chi connectivity index (χ3v) is 5.33. The Hall–Kier alpha value is -3.47. The number of rotatable bonds is 4. The third-order valence-electron chi connectivity index (χ3n) is 5.33. The van der Waals surface area contributed by atoms with Crippen LogP contribution in [0.1, 0.15) is 30.7 Å². The van der Waals surface area contributed by atoms with E-state index in [9.17, 15) is 26.3 Å². The number of carboxylic acid groups (broad SMARTS) is 2. The Bertz CT molecular complexity index is 1030. The van der Waals surface area contributed by atoms with Crippen LogP contribution in [-0.2, 0) is 20.9 Å². The van der Waals surface area contributed by atoms with Crippen LogP contribution < -0.4 is 5.32 Å². The van der Waals surface area contributed by atoms with Crippen molar-refractivity contribution in [1.29, 1.82) is 0 Å². The summed E-state index contributed by atoms with van der Waals surface area (Å²) in [6, 6.07) is 4.19. The number of aromatic nitrogens is 3. The number of nitrogens with one attached hydrogen (secondary N) is 1. The predicted molar refractivity (Wildman–Crippen MR) is 116 cm³/mol. The first-order valence-corrected chi connectivity index (χ1v) is 11.0. The van der Waals surface area contributed by atoms with Crippen molar-refractivity contribution in [2.75, 3.05) is 25.0 Å². The lowest BCUT2D eigenvalue weighted by Crippen LogP contribution is -2.46. The molecule has 0 radical (unpaired) electrons. The van der Waals surface area contributed by atoms with E-state index in [2.05, 4.69) is 25.3 Å². The molecule has 2 atom stereocenters. The molecule has 2 aliphatic heterocycles. The lowest BCUT2D eigenvalue weighted by Gasteiger charge is -2.38. The number of anilines is 1. The van der Waals surface area contributed by atoms with E-state index in [1.807, 2.05) is 19.1 Å². The van der Waals surface area contributed by atoms with E-state index in [1.54, 1.807) is 12.4 Å². The van der Waals surface area contributed by atoms with Crippen LogP contribution in [0.15, 0.2) is 29.0 Å². The van der Waals surface area contributed by atoms with E-state index >= 15 is 0 Å². The van der Waals surface area contributed by atoms with E-state index in [1.165, 1.54) is 0 Å². The van der Waals surface area contributed by atoms with Gasteiger partial charge in [-0.1, -0.05) is 5.16 Å². The number of nitrogens with zero attached hydrogens (tertiary/aromatic N) is 4. The van der Waals surface area contributed by atoms with Crippen molar-refractivity contribution < 1.29 is 55.4 Å². The number of hydrogen-bond donors (Lipinski definition) is 3. The molecule has 2 aliphatic rings. The molecule has 38 heavy (non-hydrogen) atoms. The maximum absolute atomic E-state index is 10.6. The van der Waals surface area contributed by atoms with Crippen LogP contribution in [0.25, 0.3) is 0 Å². The van der Waals surface area contributed by atoms with Gasteiger partial charge in [-0.2, -0.15) is 26.3 Å². The smallest absolute Gasteiger partial charge is 0.475 e. The Morgan fingerprint density at radius 3 is 2.21 bits per heavy atom. The highest BCUT2D eigenvalue weighted by Gasteiger charge is 2.43. The normalized spacial score (nSPS) is 21.6. The monoisotopic (exact) mass is 557 g/mol. The number of aryl methyl sites for hydroxylation is 1. The fraction of sp³-hybridized carbons (Fsp3) is 0.571. The number of carbonyl (C=O) groups is 2. The van der Waals surface area contributed by atoms with E-state index < -0.39 is 24.3 Å². The van der Waals surface area contributed by atoms with Gasteiger partial charge in [-0.15, -0.1) is 0 Å². The highest BCUT2D eigenvalue weighted by Crippen LogP contribution is 2.35. The number of aliphatic carboxylic acids is 2. The molecule has 0 aromatic carbocycles. The van der Waals surface area contributed by atoms with Crippen molar-refractivity contribution in [1.82, 2.24) is 20.0 Å². The van der Waals surface area contributed by atoms with E-state index in [0.29, 0.717) is 12.0 Å². The summed E-state index contributed by atoms with van der Waals surface area (Å²) < 4.78 is 74.8. The number of ether oxygens (including phenoxy) is 1. The molecule has 1 spiro atoms. The molecule has 0 amide bonds. The first-order valence-electron chi connectivity index (χ1n) is 11.0. The molecule has 212 valence electrons. The topological polar surface area (TPSA) is 151 Å². The highest BCUT2D eigenvalue weighted by molar-refractivity contribution is 5.73. The molecule has 0 aliphatic carbocycles. The summed E-state index contributed by atoms with van der Waals surface area (Å²) >= 11 is 0. The van der Waals surface area contributed by atoms with Gasteiger partial charge in [-0.25, -0.2) is 19.6 Å². The van der Waals surface area contributed by atoms with Crippen molar-refractivity contribution in [2.24, 2.45) is 0 Å². The lowest BCUT2D eigenvalue weighted by atomic mass is 9.89. The van der Waals surface area contributed by atoms with E-state index in [4.69, 9.17) is 29.1 Å². The van der Waals surface area contributed by atoms with Crippen LogP contribution in [0.3, 0.4) is 0 Å². The van der Waals surface area contributed by atoms with Gasteiger partial charge in [0, 0.05) is 50.7 Å². The molecule has 0 unspecified atom stereocenters. The van der Waals surface area contributed by atoms with E-state index in [-0.39, 0.29) is 5.60 Å². The zero-order chi connectivity index (χ0) is 28.6. The molecule has 11 nitrogen and oxygen atoms in total. The molecule has 2 aromatic heterocycles. The minimum atomic E-state index is -5.08. The van der Waals surface area contributed by atoms with Crippen LogP contribution in [0.2, 0.25) is 0 Å². The molecule has 17 heteroatoms. The summed E-state index contributed by atoms with van der Waals surface area (Å²) in [7, 11) is 0. The molecule has 3 N–H and O–H groups in total. The molecular weight excluding hydrogens is 532 g/mol. The lowest BCUT2D eigenvalue weighted by molar-refractivity contribution is -0.193. The molecular formula is C21H25F6N5O6. The average Bonchev–Trinajstić information content (AvgIpc) is 3.39. The maximum Gasteiger partial charge on any atom is 0.490 e. The number of likely N-dealkylation sites (tertiary alicyclic amines) is 1. The second-order valence-corrected chi connectivity index (χ2v) is 8.43. The quantitative estimate of drug-likeness (QED) is 0.475. The Labute approximate surface area is 211 Å². The summed E-state index contributed by atoms with van der Waals surface area (Å²) in [6.45, 7) is 5.49. The highest BCUT2D eigenvalue weighted by atomic mass is 19.4. The van der Waals surface area contributed by atoms with Crippen molar-refractivity contribution >= 4 is 17.9 Å². The second-order valence-electron chi connectivity index (χ2n) is 8.43. The van der Waals surface area contributed by atoms with Crippen LogP contribution in [0, 0.1) is 6.92 Å². The summed E-state index contributed by atoms with van der Waals surface area (Å²) in [6.07, 6.45) is -3.61. The number of hydrogen-bond acceptors (Lipinski definition) is 9. The molecule has 0 saturated carbocycles. The largest absolute Gasteiger partial charge is 0.490 e. The predicted octanol–water partition coefficient (Wildman–Crippen LogP) is 3.28. The van der Waals surface area contributed by atoms with Gasteiger partial charge in [-0.3, -0.25) is 4.90 Å². The van der Waals surface area contributed by atoms with Gasteiger partial charge in [0.2, 0.25) is 5.95 Å². The van der Waals surface area contributed by atoms with Crippen LogP contribution in [0.4, 0.5) is 32.3 Å². The summed E-state index contributed by atoms with van der Waals surface area (Å²) in [5.74, 6) is -3.95. The van der Waals surface area contributed by atoms with E-state index in [0.717, 1.165) is 57.0 Å². The summed E-state index contributed by atoms with van der Waals surface area (Å²) in [4.78, 5) is 28.7. The molecule has 4 rings (SSSR count). The number of carboxylic acids is 2. The van der Waals surface area contributed by atoms with Gasteiger partial charge in [0.05, 0.1) is 11.3 Å². The Kier molecular flexibility index (Phi) is 10.4. The molecule has 2 aromatic rings. The Balaban J connectivity index is 0.000000301. The zero-order valence-corrected chi connectivity index (χ0v) is 19.9. The Morgan fingerprint density at radius 2 is 1.71 bits per heavy atom. The first-order chi connectivity index (χ1) is 17.6. The minimum absolute atomic E-state index is 0.0660. The average molecular weight is 557 g/mol. The number of halogens is 6. The van der Waals surface area contributed by atoms with Gasteiger partial charge in [-0.05, 0) is 32.3 Å². The standard InChI is InChI=1S/C17H23N5O2.2C2HF3O2/c1-13-9-15(21-24-13)11-22-7-4-17(12-22)10-14(3-8-23-17)20-16-18-5-2-6-19-16;2*3-2(4,5)1(6)7/h2,5-6,9,14H,3-4,7-8,10-12H2,1H3,(H,18,19,20);2*(H,6,7)/t14-,17+;;/m0../s1. The zero-order valence-electron chi connectivity index (χ0n) is 19.9. The fourth-order valence-corrected chi connectivity index (χ4v) is 3.78. The second kappa shape index (κ2) is 12.9. The van der Waals surface area contributed by atoms with Crippen LogP contribution in [-0.4, -0.2) is 85.9 Å². The van der Waals surface area contributed by atoms with Gasteiger partial charge < -0.3 is 24.8 Å². The summed E-state index contributed by atoms with van der Waals surface area (Å²) in [5, 5.41) is 21.8. The molecule has 2 fully saturated rings. The van der Waals surface area contributed by atoms with Crippen molar-refractivity contribution in [3.8, 4) is 0 Å². The van der Waals surface area contributed by atoms with Crippen molar-refractivity contribution in [3.05, 3.63) is 36.0 Å². The molecule has 2 saturated heterocycles. The van der Waals surface area contributed by atoms with Crippen molar-refractivity contribution in [3.63, 3.8) is 0 Å². The number of alkyl halides is 6. The molecule has 0 bridgehead atoms. The SMILES string of the molecule is Cc1cc(CN2CC[C@@]3(C[C@@H](Nc4ncccn4)CCO3)C2)no1.O=C(O)C(F)(F)F.O=C(O)C(F)(F)F. The van der Waals surface area contributed by atoms with Gasteiger partial charge in [0.25, 0.3) is 0 Å². The Morgan fingerprint density at radius 1 is 1.13 bits per heavy atom. The van der Waals surface area contributed by atoms with Crippen LogP contribution >= 0.6 is 0 Å². The summed E-state index contributed by atoms with van der Waals surface area (Å²) in [5.41, 5.74) is 0.927. The van der Waals surface area contributed by atoms with Crippen molar-refractivity contribution in [2.45, 2.75) is 56.7 Å².